The van der Waals surface area contributed by atoms with Gasteiger partial charge in [0.05, 0.1) is 34.1 Å². The van der Waals surface area contributed by atoms with Gasteiger partial charge in [-0.25, -0.2) is 9.79 Å². The first-order chi connectivity index (χ1) is 15.8. The van der Waals surface area contributed by atoms with E-state index in [9.17, 15) is 9.59 Å². The fraction of sp³-hybridized carbons (Fsp3) is 0.333. The number of carbonyl (C=O) groups is 1. The van der Waals surface area contributed by atoms with Crippen molar-refractivity contribution in [3.8, 4) is 0 Å². The maximum atomic E-state index is 13.7. The van der Waals surface area contributed by atoms with Gasteiger partial charge >= 0.3 is 5.97 Å². The third-order valence-electron chi connectivity index (χ3n) is 5.72. The first kappa shape index (κ1) is 23.2. The zero-order valence-electron chi connectivity index (χ0n) is 19.2. The number of ether oxygens (including phenoxy) is 1. The molecule has 9 heteroatoms. The lowest BCUT2D eigenvalue weighted by molar-refractivity contribution is -0.139. The molecular formula is C24H25ClN4O3S. The molecule has 7 nitrogen and oxygen atoms in total. The molecule has 3 heterocycles. The number of rotatable bonds is 5. The summed E-state index contributed by atoms with van der Waals surface area (Å²) in [6, 6.07) is 6.48. The zero-order chi connectivity index (χ0) is 23.9. The van der Waals surface area contributed by atoms with Crippen LogP contribution < -0.4 is 14.9 Å². The number of hydrogen-bond donors (Lipinski definition) is 0. The van der Waals surface area contributed by atoms with Gasteiger partial charge in [-0.15, -0.1) is 0 Å². The van der Waals surface area contributed by atoms with Crippen LogP contribution in [-0.2, 0) is 16.1 Å². The van der Waals surface area contributed by atoms with Gasteiger partial charge in [-0.2, -0.15) is 5.10 Å². The molecule has 1 atom stereocenters. The van der Waals surface area contributed by atoms with E-state index < -0.39 is 12.0 Å². The van der Waals surface area contributed by atoms with Gasteiger partial charge in [0.15, 0.2) is 4.80 Å². The molecule has 1 unspecified atom stereocenters. The van der Waals surface area contributed by atoms with E-state index in [0.29, 0.717) is 25.6 Å². The minimum absolute atomic E-state index is 0.212. The molecule has 1 aliphatic rings. The van der Waals surface area contributed by atoms with Crippen LogP contribution in [0.2, 0.25) is 5.02 Å². The van der Waals surface area contributed by atoms with Crippen LogP contribution in [0.25, 0.3) is 6.08 Å². The highest BCUT2D eigenvalue weighted by Gasteiger charge is 2.33. The molecule has 0 amide bonds. The molecule has 172 valence electrons. The molecule has 0 saturated heterocycles. The molecule has 2 aromatic heterocycles. The normalized spacial score (nSPS) is 16.1. The van der Waals surface area contributed by atoms with Crippen molar-refractivity contribution < 1.29 is 9.53 Å². The Morgan fingerprint density at radius 3 is 2.52 bits per heavy atom. The van der Waals surface area contributed by atoms with Crippen molar-refractivity contribution in [1.82, 2.24) is 14.3 Å². The number of benzene rings is 1. The lowest BCUT2D eigenvalue weighted by Gasteiger charge is -2.24. The topological polar surface area (TPSA) is 78.5 Å². The van der Waals surface area contributed by atoms with Crippen LogP contribution in [0.3, 0.4) is 0 Å². The summed E-state index contributed by atoms with van der Waals surface area (Å²) < 4.78 is 9.34. The van der Waals surface area contributed by atoms with E-state index in [1.165, 1.54) is 11.3 Å². The van der Waals surface area contributed by atoms with Gasteiger partial charge in [-0.1, -0.05) is 35.1 Å². The molecule has 0 bridgehead atoms. The standard InChI is InChI=1S/C24H25ClN4O3S/c1-6-28-15(5)18(13(3)27-28)12-19-22(30)29-21(16-8-10-17(25)11-9-16)20(23(31)32-7-2)14(4)26-24(29)33-19/h8-12,21H,6-7H2,1-5H3/b19-12-. The number of esters is 1. The Bertz CT molecular complexity index is 1440. The summed E-state index contributed by atoms with van der Waals surface area (Å²) in [5.41, 5.74) is 4.21. The van der Waals surface area contributed by atoms with Crippen molar-refractivity contribution in [2.45, 2.75) is 47.2 Å². The van der Waals surface area contributed by atoms with Crippen LogP contribution in [0, 0.1) is 13.8 Å². The Morgan fingerprint density at radius 2 is 1.91 bits per heavy atom. The Hall–Kier alpha value is -2.97. The number of thiazole rings is 1. The largest absolute Gasteiger partial charge is 0.463 e. The summed E-state index contributed by atoms with van der Waals surface area (Å²) in [5.74, 6) is -0.483. The van der Waals surface area contributed by atoms with Crippen LogP contribution in [0.1, 0.15) is 49.3 Å². The molecule has 0 spiro atoms. The summed E-state index contributed by atoms with van der Waals surface area (Å²) >= 11 is 7.40. The van der Waals surface area contributed by atoms with Crippen LogP contribution in [0.5, 0.6) is 0 Å². The molecule has 1 aromatic carbocycles. The van der Waals surface area contributed by atoms with Gasteiger partial charge in [0.2, 0.25) is 0 Å². The first-order valence-corrected chi connectivity index (χ1v) is 11.9. The number of fused-ring (bicyclic) bond motifs is 1. The second kappa shape index (κ2) is 9.11. The highest BCUT2D eigenvalue weighted by Crippen LogP contribution is 2.31. The first-order valence-electron chi connectivity index (χ1n) is 10.8. The van der Waals surface area contributed by atoms with E-state index in [1.807, 2.05) is 43.7 Å². The number of carbonyl (C=O) groups excluding carboxylic acids is 1. The van der Waals surface area contributed by atoms with E-state index in [1.54, 1.807) is 30.5 Å². The molecule has 1 aliphatic heterocycles. The van der Waals surface area contributed by atoms with E-state index in [2.05, 4.69) is 10.1 Å². The number of allylic oxidation sites excluding steroid dienone is 1. The van der Waals surface area contributed by atoms with Crippen molar-refractivity contribution in [1.29, 1.82) is 0 Å². The van der Waals surface area contributed by atoms with E-state index >= 15 is 0 Å². The fourth-order valence-electron chi connectivity index (χ4n) is 4.11. The van der Waals surface area contributed by atoms with Gasteiger partial charge in [-0.05, 0) is 58.4 Å². The van der Waals surface area contributed by atoms with Gasteiger partial charge < -0.3 is 4.74 Å². The predicted octanol–water partition coefficient (Wildman–Crippen LogP) is 3.28. The maximum absolute atomic E-state index is 13.7. The molecule has 33 heavy (non-hydrogen) atoms. The Morgan fingerprint density at radius 1 is 1.21 bits per heavy atom. The third-order valence-corrected chi connectivity index (χ3v) is 6.95. The SMILES string of the molecule is CCOC(=O)C1=C(C)N=c2s/c(=C\c3c(C)nn(CC)c3C)c(=O)n2C1c1ccc(Cl)cc1. The van der Waals surface area contributed by atoms with E-state index in [-0.39, 0.29) is 12.2 Å². The van der Waals surface area contributed by atoms with Crippen molar-refractivity contribution >= 4 is 35.0 Å². The monoisotopic (exact) mass is 484 g/mol. The third kappa shape index (κ3) is 4.09. The number of nitrogens with zero attached hydrogens (tertiary/aromatic N) is 4. The summed E-state index contributed by atoms with van der Waals surface area (Å²) in [7, 11) is 0. The molecule has 0 fully saturated rings. The minimum Gasteiger partial charge on any atom is -0.463 e. The Balaban J connectivity index is 1.97. The second-order valence-electron chi connectivity index (χ2n) is 7.75. The molecule has 3 aromatic rings. The Labute approximate surface area is 200 Å². The van der Waals surface area contributed by atoms with Crippen LogP contribution in [0.4, 0.5) is 0 Å². The van der Waals surface area contributed by atoms with Crippen molar-refractivity contribution in [3.05, 3.63) is 82.8 Å². The Kier molecular flexibility index (Phi) is 6.41. The number of aryl methyl sites for hydroxylation is 2. The summed E-state index contributed by atoms with van der Waals surface area (Å²) in [6.45, 7) is 10.5. The van der Waals surface area contributed by atoms with Crippen molar-refractivity contribution in [3.63, 3.8) is 0 Å². The average Bonchev–Trinajstić information content (AvgIpc) is 3.23. The molecule has 0 aliphatic carbocycles. The second-order valence-corrected chi connectivity index (χ2v) is 9.20. The van der Waals surface area contributed by atoms with E-state index in [0.717, 1.165) is 29.1 Å². The number of hydrogen-bond acceptors (Lipinski definition) is 6. The van der Waals surface area contributed by atoms with Crippen molar-refractivity contribution in [2.75, 3.05) is 6.61 Å². The quantitative estimate of drug-likeness (QED) is 0.520. The molecule has 0 saturated carbocycles. The fourth-order valence-corrected chi connectivity index (χ4v) is 5.26. The average molecular weight is 485 g/mol. The van der Waals surface area contributed by atoms with Gasteiger partial charge in [0.1, 0.15) is 0 Å². The summed E-state index contributed by atoms with van der Waals surface area (Å²) in [5, 5.41) is 5.12. The minimum atomic E-state index is -0.653. The molecular weight excluding hydrogens is 460 g/mol. The highest BCUT2D eigenvalue weighted by molar-refractivity contribution is 7.07. The molecule has 0 N–H and O–H groups in total. The summed E-state index contributed by atoms with van der Waals surface area (Å²) in [4.78, 5) is 31.7. The highest BCUT2D eigenvalue weighted by atomic mass is 35.5. The predicted molar refractivity (Wildman–Crippen MR) is 129 cm³/mol. The van der Waals surface area contributed by atoms with Crippen LogP contribution in [-0.4, -0.2) is 26.9 Å². The van der Waals surface area contributed by atoms with Crippen molar-refractivity contribution in [2.24, 2.45) is 4.99 Å². The molecule has 4 rings (SSSR count). The zero-order valence-corrected chi connectivity index (χ0v) is 20.8. The number of halogens is 1. The lowest BCUT2D eigenvalue weighted by Crippen LogP contribution is -2.39. The van der Waals surface area contributed by atoms with Gasteiger partial charge in [0, 0.05) is 22.8 Å². The molecule has 0 radical (unpaired) electrons. The van der Waals surface area contributed by atoms with E-state index in [4.69, 9.17) is 16.3 Å². The smallest absolute Gasteiger partial charge is 0.338 e. The van der Waals surface area contributed by atoms with Gasteiger partial charge in [-0.3, -0.25) is 14.0 Å². The van der Waals surface area contributed by atoms with Gasteiger partial charge in [0.25, 0.3) is 5.56 Å². The summed E-state index contributed by atoms with van der Waals surface area (Å²) in [6.07, 6.45) is 1.87. The lowest BCUT2D eigenvalue weighted by atomic mass is 9.96. The van der Waals surface area contributed by atoms with Crippen LogP contribution in [0.15, 0.2) is 45.3 Å². The maximum Gasteiger partial charge on any atom is 0.338 e. The number of aromatic nitrogens is 3. The van der Waals surface area contributed by atoms with Crippen LogP contribution >= 0.6 is 22.9 Å².